The van der Waals surface area contributed by atoms with E-state index in [2.05, 4.69) is 169 Å². The molecule has 6 nitrogen and oxygen atoms in total. The van der Waals surface area contributed by atoms with E-state index in [1.165, 1.54) is 27.7 Å². The van der Waals surface area contributed by atoms with Gasteiger partial charge in [0.05, 0.1) is 0 Å². The van der Waals surface area contributed by atoms with Crippen LogP contribution >= 0.6 is 0 Å². The molecule has 0 aliphatic heterocycles. The second kappa shape index (κ2) is 15.8. The van der Waals surface area contributed by atoms with Gasteiger partial charge < -0.3 is 19.3 Å². The zero-order valence-electron chi connectivity index (χ0n) is 38.3. The van der Waals surface area contributed by atoms with Crippen LogP contribution in [-0.4, -0.2) is 18.0 Å². The second-order valence-electron chi connectivity index (χ2n) is 19.2. The van der Waals surface area contributed by atoms with Gasteiger partial charge in [-0.2, -0.15) is 0 Å². The average Bonchev–Trinajstić information content (AvgIpc) is 4.29. The van der Waals surface area contributed by atoms with E-state index in [1.807, 2.05) is 24.3 Å². The first-order chi connectivity index (χ1) is 33.1. The Morgan fingerprint density at radius 3 is 1.22 bits per heavy atom. The van der Waals surface area contributed by atoms with E-state index in [-0.39, 0.29) is 0 Å². The van der Waals surface area contributed by atoms with Gasteiger partial charge in [0.2, 0.25) is 0 Å². The van der Waals surface area contributed by atoms with Crippen molar-refractivity contribution in [3.63, 3.8) is 0 Å². The standard InChI is InChI=1S/C62H50N2O4/c1-37(2)60(65)67-51-33-21-44(22-34-51)42-15-27-48(28-16-42)63(49-29-17-43(18-30-49)45-23-35-52(36-24-45)68-61(66)38(3)4)47-25-13-40(14-26-47)41-19-31-50(32-20-41)64(54-12-8-10-46-9-6-7-11-53(46)54)59-57-58(59)62(57)55-39(5)56(55)62/h6-36,39,55-59H,1,3H2,2,4-5H3. The molecule has 4 atom stereocenters. The van der Waals surface area contributed by atoms with Crippen LogP contribution < -0.4 is 19.3 Å². The van der Waals surface area contributed by atoms with Gasteiger partial charge in [0.15, 0.2) is 0 Å². The minimum Gasteiger partial charge on any atom is -0.423 e. The van der Waals surface area contributed by atoms with Gasteiger partial charge in [-0.25, -0.2) is 9.59 Å². The second-order valence-corrected chi connectivity index (χ2v) is 19.2. The van der Waals surface area contributed by atoms with Crippen LogP contribution in [-0.2, 0) is 9.59 Å². The molecule has 0 N–H and O–H groups in total. The first-order valence-corrected chi connectivity index (χ1v) is 23.5. The molecule has 4 aliphatic carbocycles. The van der Waals surface area contributed by atoms with Gasteiger partial charge in [-0.3, -0.25) is 0 Å². The maximum absolute atomic E-state index is 12.1. The van der Waals surface area contributed by atoms with Gasteiger partial charge in [-0.1, -0.05) is 129 Å². The first-order valence-electron chi connectivity index (χ1n) is 23.5. The Bertz CT molecular complexity index is 3160. The fourth-order valence-corrected chi connectivity index (χ4v) is 11.6. The molecular weight excluding hydrogens is 837 g/mol. The summed E-state index contributed by atoms with van der Waals surface area (Å²) >= 11 is 0. The first kappa shape index (κ1) is 41.5. The summed E-state index contributed by atoms with van der Waals surface area (Å²) in [6, 6.07) is 66.2. The number of anilines is 5. The Morgan fingerprint density at radius 1 is 0.456 bits per heavy atom. The summed E-state index contributed by atoms with van der Waals surface area (Å²) in [4.78, 5) is 29.1. The molecule has 6 heteroatoms. The highest BCUT2D eigenvalue weighted by Crippen LogP contribution is 3.04. The summed E-state index contributed by atoms with van der Waals surface area (Å²) in [6.07, 6.45) is 0. The fourth-order valence-electron chi connectivity index (χ4n) is 11.6. The van der Waals surface area contributed by atoms with Crippen LogP contribution in [0.15, 0.2) is 212 Å². The number of ether oxygens (including phenoxy) is 2. The van der Waals surface area contributed by atoms with Gasteiger partial charge >= 0.3 is 11.9 Å². The van der Waals surface area contributed by atoms with Gasteiger partial charge in [0, 0.05) is 51.0 Å². The highest BCUT2D eigenvalue weighted by Gasteiger charge is 3.04. The Labute approximate surface area is 397 Å². The van der Waals surface area contributed by atoms with E-state index in [1.54, 1.807) is 38.1 Å². The zero-order chi connectivity index (χ0) is 46.4. The molecule has 332 valence electrons. The number of fused-ring (bicyclic) bond motifs is 7. The molecule has 0 amide bonds. The van der Waals surface area contributed by atoms with Crippen LogP contribution in [0.3, 0.4) is 0 Å². The number of hydrogen-bond donors (Lipinski definition) is 0. The van der Waals surface area contributed by atoms with Crippen LogP contribution in [0.25, 0.3) is 44.2 Å². The van der Waals surface area contributed by atoms with E-state index >= 15 is 0 Å². The molecule has 8 aromatic carbocycles. The SMILES string of the molecule is C=C(C)C(=O)Oc1ccc(-c2ccc(N(c3ccc(-c4ccc(OC(=O)C(=C)C)cc4)cc3)c3ccc(-c4ccc(N(c5cccc6ccccc56)C5C6C5C65C6C(C)C65)cc4)cc3)cc2)cc1. The Balaban J connectivity index is 0.827. The van der Waals surface area contributed by atoms with Crippen molar-refractivity contribution in [2.45, 2.75) is 26.8 Å². The minimum atomic E-state index is -0.443. The van der Waals surface area contributed by atoms with E-state index in [0.717, 1.165) is 74.5 Å². The van der Waals surface area contributed by atoms with Crippen molar-refractivity contribution in [2.24, 2.45) is 35.0 Å². The lowest BCUT2D eigenvalue weighted by Gasteiger charge is -2.33. The molecule has 4 aliphatic rings. The molecule has 0 radical (unpaired) electrons. The molecule has 4 unspecified atom stereocenters. The molecule has 0 aromatic heterocycles. The molecule has 0 saturated heterocycles. The largest absolute Gasteiger partial charge is 0.423 e. The van der Waals surface area contributed by atoms with Crippen LogP contribution in [0.5, 0.6) is 11.5 Å². The number of hydrogen-bond acceptors (Lipinski definition) is 6. The summed E-state index contributed by atoms with van der Waals surface area (Å²) in [5, 5.41) is 2.60. The number of nitrogens with zero attached hydrogens (tertiary/aromatic N) is 2. The van der Waals surface area contributed by atoms with Crippen molar-refractivity contribution in [3.05, 3.63) is 212 Å². The van der Waals surface area contributed by atoms with Gasteiger partial charge in [0.1, 0.15) is 11.5 Å². The smallest absolute Gasteiger partial charge is 0.338 e. The quantitative estimate of drug-likeness (QED) is 0.0653. The highest BCUT2D eigenvalue weighted by molar-refractivity contribution is 5.97. The van der Waals surface area contributed by atoms with E-state index in [4.69, 9.17) is 9.47 Å². The lowest BCUT2D eigenvalue weighted by Crippen LogP contribution is -2.32. The predicted molar refractivity (Wildman–Crippen MR) is 274 cm³/mol. The van der Waals surface area contributed by atoms with Crippen molar-refractivity contribution in [3.8, 4) is 44.9 Å². The molecule has 12 rings (SSSR count). The maximum Gasteiger partial charge on any atom is 0.338 e. The maximum atomic E-state index is 12.1. The van der Waals surface area contributed by atoms with Gasteiger partial charge in [-0.05, 0) is 166 Å². The van der Waals surface area contributed by atoms with Crippen LogP contribution in [0, 0.1) is 35.0 Å². The van der Waals surface area contributed by atoms with Gasteiger partial charge in [-0.15, -0.1) is 0 Å². The Hall–Kier alpha value is -7.96. The Kier molecular flexibility index (Phi) is 9.66. The van der Waals surface area contributed by atoms with Crippen molar-refractivity contribution in [1.29, 1.82) is 0 Å². The minimum absolute atomic E-state index is 0.353. The van der Waals surface area contributed by atoms with Crippen LogP contribution in [0.1, 0.15) is 20.8 Å². The molecular formula is C62H50N2O4. The summed E-state index contributed by atoms with van der Waals surface area (Å²) in [6.45, 7) is 13.1. The van der Waals surface area contributed by atoms with Crippen LogP contribution in [0.4, 0.5) is 28.4 Å². The molecule has 1 spiro atoms. The molecule has 68 heavy (non-hydrogen) atoms. The molecule has 0 bridgehead atoms. The molecule has 8 aromatic rings. The number of carbonyl (C=O) groups excluding carboxylic acids is 2. The van der Waals surface area contributed by atoms with E-state index in [9.17, 15) is 9.59 Å². The Morgan fingerprint density at radius 2 is 0.824 bits per heavy atom. The monoisotopic (exact) mass is 886 g/mol. The number of carbonyl (C=O) groups is 2. The van der Waals surface area contributed by atoms with Crippen molar-refractivity contribution in [2.75, 3.05) is 9.80 Å². The van der Waals surface area contributed by atoms with Crippen LogP contribution in [0.2, 0.25) is 0 Å². The van der Waals surface area contributed by atoms with Crippen molar-refractivity contribution >= 4 is 51.1 Å². The number of rotatable bonds is 13. The summed E-state index contributed by atoms with van der Waals surface area (Å²) < 4.78 is 10.8. The third-order valence-corrected chi connectivity index (χ3v) is 15.1. The molecule has 0 heterocycles. The third kappa shape index (κ3) is 6.93. The lowest BCUT2D eigenvalue weighted by atomic mass is 9.91. The number of esters is 2. The average molecular weight is 887 g/mol. The normalized spacial score (nSPS) is 22.0. The third-order valence-electron chi connectivity index (χ3n) is 15.1. The molecule has 4 saturated carbocycles. The fraction of sp³-hybridized carbons (Fsp3) is 0.161. The summed E-state index contributed by atoms with van der Waals surface area (Å²) in [5.41, 5.74) is 13.4. The van der Waals surface area contributed by atoms with Gasteiger partial charge in [0.25, 0.3) is 0 Å². The van der Waals surface area contributed by atoms with E-state index < -0.39 is 11.9 Å². The predicted octanol–water partition coefficient (Wildman–Crippen LogP) is 14.9. The highest BCUT2D eigenvalue weighted by atomic mass is 16.5. The lowest BCUT2D eigenvalue weighted by molar-refractivity contribution is -0.130. The zero-order valence-corrected chi connectivity index (χ0v) is 38.3. The topological polar surface area (TPSA) is 59.1 Å². The number of benzene rings is 8. The summed E-state index contributed by atoms with van der Waals surface area (Å²) in [7, 11) is 0. The van der Waals surface area contributed by atoms with E-state index in [0.29, 0.717) is 34.1 Å². The summed E-state index contributed by atoms with van der Waals surface area (Å²) in [5.74, 6) is 4.70. The van der Waals surface area contributed by atoms with Crippen molar-refractivity contribution < 1.29 is 19.1 Å². The van der Waals surface area contributed by atoms with Crippen molar-refractivity contribution in [1.82, 2.24) is 0 Å². The molecule has 4 fully saturated rings.